The monoisotopic (exact) mass is 364 g/mol. The molecule has 27 heavy (non-hydrogen) atoms. The number of carbonyl (C=O) groups excluding carboxylic acids is 2. The lowest BCUT2D eigenvalue weighted by Gasteiger charge is -2.31. The first-order valence-electron chi connectivity index (χ1n) is 9.72. The average molecular weight is 364 g/mol. The maximum atomic E-state index is 13.1. The molecule has 2 saturated carbocycles. The van der Waals surface area contributed by atoms with Gasteiger partial charge in [-0.15, -0.1) is 0 Å². The van der Waals surface area contributed by atoms with Crippen molar-refractivity contribution in [2.45, 2.75) is 38.8 Å². The lowest BCUT2D eigenvalue weighted by Crippen LogP contribution is -2.46. The van der Waals surface area contributed by atoms with Crippen LogP contribution < -0.4 is 0 Å². The summed E-state index contributed by atoms with van der Waals surface area (Å²) in [6.45, 7) is 5.79. The van der Waals surface area contributed by atoms with Crippen LogP contribution in [0.25, 0.3) is 6.08 Å². The number of hydrogen-bond donors (Lipinski definition) is 0. The standard InChI is InChI=1S/C22H24N2O3/c1-22(2,3)24-20(25)17-13-11-14(18(17)21(24)26)19-16(13)15(23-27-19)10-9-12-7-5-4-6-8-12/h4-10,13-14,16-19H,11H2,1-3H3. The number of rotatable bonds is 2. The van der Waals surface area contributed by atoms with Gasteiger partial charge in [0.2, 0.25) is 11.8 Å². The molecule has 2 amide bonds. The number of nitrogens with zero attached hydrogens (tertiary/aromatic N) is 2. The molecule has 1 aromatic rings. The molecule has 6 unspecified atom stereocenters. The van der Waals surface area contributed by atoms with E-state index in [9.17, 15) is 9.59 Å². The van der Waals surface area contributed by atoms with E-state index >= 15 is 0 Å². The van der Waals surface area contributed by atoms with Crippen molar-refractivity contribution >= 4 is 23.6 Å². The van der Waals surface area contributed by atoms with Crippen LogP contribution in [-0.2, 0) is 14.4 Å². The number of fused-ring (bicyclic) bond motifs is 8. The first-order valence-corrected chi connectivity index (χ1v) is 9.72. The van der Waals surface area contributed by atoms with Crippen molar-refractivity contribution in [3.05, 3.63) is 42.0 Å². The van der Waals surface area contributed by atoms with Crippen molar-refractivity contribution in [3.8, 4) is 0 Å². The zero-order chi connectivity index (χ0) is 18.9. The molecule has 0 radical (unpaired) electrons. The third-order valence-corrected chi connectivity index (χ3v) is 6.64. The van der Waals surface area contributed by atoms with Crippen molar-refractivity contribution in [3.63, 3.8) is 0 Å². The van der Waals surface area contributed by atoms with Crippen LogP contribution >= 0.6 is 0 Å². The molecular weight excluding hydrogens is 340 g/mol. The van der Waals surface area contributed by atoms with Gasteiger partial charge in [-0.25, -0.2) is 0 Å². The predicted molar refractivity (Wildman–Crippen MR) is 101 cm³/mol. The van der Waals surface area contributed by atoms with Crippen LogP contribution in [0.15, 0.2) is 41.6 Å². The Kier molecular flexibility index (Phi) is 3.43. The topological polar surface area (TPSA) is 59.0 Å². The molecule has 5 heteroatoms. The summed E-state index contributed by atoms with van der Waals surface area (Å²) in [6.07, 6.45) is 4.87. The van der Waals surface area contributed by atoms with Gasteiger partial charge in [-0.2, -0.15) is 0 Å². The van der Waals surface area contributed by atoms with Crippen molar-refractivity contribution in [2.24, 2.45) is 34.7 Å². The minimum atomic E-state index is -0.474. The van der Waals surface area contributed by atoms with Crippen LogP contribution in [0.5, 0.6) is 0 Å². The average Bonchev–Trinajstić information content (AvgIpc) is 3.33. The molecule has 5 nitrogen and oxygen atoms in total. The summed E-state index contributed by atoms with van der Waals surface area (Å²) in [7, 11) is 0. The minimum Gasteiger partial charge on any atom is -0.391 e. The first kappa shape index (κ1) is 16.7. The molecular formula is C22H24N2O3. The summed E-state index contributed by atoms with van der Waals surface area (Å²) in [6, 6.07) is 10.1. The van der Waals surface area contributed by atoms with E-state index < -0.39 is 5.54 Å². The predicted octanol–water partition coefficient (Wildman–Crippen LogP) is 3.12. The molecule has 6 atom stereocenters. The van der Waals surface area contributed by atoms with E-state index in [2.05, 4.69) is 5.16 Å². The van der Waals surface area contributed by atoms with Gasteiger partial charge in [0, 0.05) is 17.4 Å². The highest BCUT2D eigenvalue weighted by Crippen LogP contribution is 2.61. The van der Waals surface area contributed by atoms with E-state index in [4.69, 9.17) is 4.84 Å². The summed E-state index contributed by atoms with van der Waals surface area (Å²) >= 11 is 0. The van der Waals surface area contributed by atoms with Crippen LogP contribution in [0, 0.1) is 29.6 Å². The number of imide groups is 1. The SMILES string of the molecule is CC(C)(C)N1C(=O)C2C3CC(C4C(C=Cc5ccccc5)=NOC34)C2C1=O. The molecule has 0 N–H and O–H groups in total. The molecule has 4 aliphatic rings. The van der Waals surface area contributed by atoms with E-state index in [1.807, 2.05) is 63.3 Å². The Labute approximate surface area is 159 Å². The van der Waals surface area contributed by atoms with Crippen molar-refractivity contribution in [1.82, 2.24) is 4.90 Å². The molecule has 5 rings (SSSR count). The molecule has 2 aliphatic carbocycles. The number of carbonyl (C=O) groups is 2. The Bertz CT molecular complexity index is 867. The molecule has 2 bridgehead atoms. The highest BCUT2D eigenvalue weighted by molar-refractivity contribution is 6.08. The van der Waals surface area contributed by atoms with Crippen molar-refractivity contribution in [1.29, 1.82) is 0 Å². The normalized spacial score (nSPS) is 37.0. The van der Waals surface area contributed by atoms with Crippen LogP contribution in [0.2, 0.25) is 0 Å². The molecule has 2 aliphatic heterocycles. The van der Waals surface area contributed by atoms with Gasteiger partial charge in [0.05, 0.1) is 17.5 Å². The van der Waals surface area contributed by atoms with Gasteiger partial charge in [0.25, 0.3) is 0 Å². The van der Waals surface area contributed by atoms with Gasteiger partial charge in [-0.1, -0.05) is 41.6 Å². The molecule has 1 saturated heterocycles. The Morgan fingerprint density at radius 3 is 2.33 bits per heavy atom. The van der Waals surface area contributed by atoms with Crippen LogP contribution in [0.4, 0.5) is 0 Å². The fourth-order valence-corrected chi connectivity index (χ4v) is 5.70. The Morgan fingerprint density at radius 1 is 1.00 bits per heavy atom. The smallest absolute Gasteiger partial charge is 0.234 e. The van der Waals surface area contributed by atoms with E-state index in [0.717, 1.165) is 17.7 Å². The first-order chi connectivity index (χ1) is 12.9. The van der Waals surface area contributed by atoms with Gasteiger partial charge >= 0.3 is 0 Å². The quantitative estimate of drug-likeness (QED) is 0.758. The lowest BCUT2D eigenvalue weighted by atomic mass is 9.72. The lowest BCUT2D eigenvalue weighted by molar-refractivity contribution is -0.146. The van der Waals surface area contributed by atoms with E-state index in [1.54, 1.807) is 0 Å². The second-order valence-corrected chi connectivity index (χ2v) is 9.15. The number of benzene rings is 1. The number of likely N-dealkylation sites (tertiary alicyclic amines) is 1. The van der Waals surface area contributed by atoms with Gasteiger partial charge in [-0.3, -0.25) is 14.5 Å². The van der Waals surface area contributed by atoms with Crippen LogP contribution in [0.1, 0.15) is 32.8 Å². The molecule has 2 heterocycles. The van der Waals surface area contributed by atoms with Crippen molar-refractivity contribution < 1.29 is 14.4 Å². The fraction of sp³-hybridized carbons (Fsp3) is 0.500. The summed E-state index contributed by atoms with van der Waals surface area (Å²) in [4.78, 5) is 33.4. The van der Waals surface area contributed by atoms with Crippen LogP contribution in [-0.4, -0.2) is 34.1 Å². The van der Waals surface area contributed by atoms with E-state index in [-0.39, 0.29) is 47.5 Å². The summed E-state index contributed by atoms with van der Waals surface area (Å²) < 4.78 is 0. The highest BCUT2D eigenvalue weighted by Gasteiger charge is 2.70. The zero-order valence-corrected chi connectivity index (χ0v) is 15.8. The van der Waals surface area contributed by atoms with Crippen LogP contribution in [0.3, 0.4) is 0 Å². The second kappa shape index (κ2) is 5.54. The molecule has 140 valence electrons. The Balaban J connectivity index is 1.43. The maximum absolute atomic E-state index is 13.1. The largest absolute Gasteiger partial charge is 0.391 e. The molecule has 0 spiro atoms. The summed E-state index contributed by atoms with van der Waals surface area (Å²) in [5.74, 6) is -0.0822. The summed E-state index contributed by atoms with van der Waals surface area (Å²) in [5, 5.41) is 4.31. The van der Waals surface area contributed by atoms with Gasteiger partial charge in [0.15, 0.2) is 0 Å². The van der Waals surface area contributed by atoms with Crippen molar-refractivity contribution in [2.75, 3.05) is 0 Å². The number of oxime groups is 1. The third kappa shape index (κ3) is 2.27. The molecule has 3 fully saturated rings. The second-order valence-electron chi connectivity index (χ2n) is 9.15. The minimum absolute atomic E-state index is 0.00161. The molecule has 0 aromatic heterocycles. The van der Waals surface area contributed by atoms with Gasteiger partial charge < -0.3 is 4.84 Å². The number of hydrogen-bond acceptors (Lipinski definition) is 4. The molecule has 1 aromatic carbocycles. The van der Waals surface area contributed by atoms with Gasteiger partial charge in [0.1, 0.15) is 6.10 Å². The number of amides is 2. The van der Waals surface area contributed by atoms with E-state index in [1.165, 1.54) is 4.90 Å². The Hall–Kier alpha value is -2.43. The Morgan fingerprint density at radius 2 is 1.67 bits per heavy atom. The number of allylic oxidation sites excluding steroid dienone is 1. The summed E-state index contributed by atoms with van der Waals surface area (Å²) in [5.41, 5.74) is 1.54. The maximum Gasteiger partial charge on any atom is 0.234 e. The van der Waals surface area contributed by atoms with Gasteiger partial charge in [-0.05, 0) is 44.7 Å². The highest BCUT2D eigenvalue weighted by atomic mass is 16.6. The zero-order valence-electron chi connectivity index (χ0n) is 15.8. The fourth-order valence-electron chi connectivity index (χ4n) is 5.70. The third-order valence-electron chi connectivity index (χ3n) is 6.64. The van der Waals surface area contributed by atoms with E-state index in [0.29, 0.717) is 0 Å².